The molecular formula is C25H32N2O2. The van der Waals surface area contributed by atoms with E-state index in [0.29, 0.717) is 24.2 Å². The molecule has 1 saturated heterocycles. The summed E-state index contributed by atoms with van der Waals surface area (Å²) in [6.07, 6.45) is 9.10. The summed E-state index contributed by atoms with van der Waals surface area (Å²) in [7, 11) is 0. The SMILES string of the molecule is O=C(Nc1ccc(C2CCCCC2)cc1)c1ccc(COC2CCNCC2)cc1. The van der Waals surface area contributed by atoms with Crippen LogP contribution in [0.1, 0.15) is 72.3 Å². The summed E-state index contributed by atoms with van der Waals surface area (Å²) in [6.45, 7) is 2.67. The second-order valence-electron chi connectivity index (χ2n) is 8.37. The number of nitrogens with one attached hydrogen (secondary N) is 2. The number of benzene rings is 2. The molecule has 1 saturated carbocycles. The molecular weight excluding hydrogens is 360 g/mol. The van der Waals surface area contributed by atoms with Crippen LogP contribution < -0.4 is 10.6 Å². The molecule has 2 aliphatic rings. The first-order valence-corrected chi connectivity index (χ1v) is 11.1. The number of carbonyl (C=O) groups is 1. The molecule has 2 fully saturated rings. The molecule has 1 aliphatic carbocycles. The Morgan fingerprint density at radius 3 is 2.28 bits per heavy atom. The van der Waals surface area contributed by atoms with E-state index in [1.165, 1.54) is 37.7 Å². The highest BCUT2D eigenvalue weighted by atomic mass is 16.5. The van der Waals surface area contributed by atoms with Gasteiger partial charge in [0.1, 0.15) is 0 Å². The minimum absolute atomic E-state index is 0.0683. The van der Waals surface area contributed by atoms with E-state index in [4.69, 9.17) is 4.74 Å². The zero-order chi connectivity index (χ0) is 19.9. The number of piperidine rings is 1. The highest BCUT2D eigenvalue weighted by Gasteiger charge is 2.16. The van der Waals surface area contributed by atoms with E-state index >= 15 is 0 Å². The van der Waals surface area contributed by atoms with Crippen molar-refractivity contribution in [3.8, 4) is 0 Å². The predicted octanol–water partition coefficient (Wildman–Crippen LogP) is 5.26. The number of rotatable bonds is 6. The number of hydrogen-bond acceptors (Lipinski definition) is 3. The van der Waals surface area contributed by atoms with Gasteiger partial charge < -0.3 is 15.4 Å². The summed E-state index contributed by atoms with van der Waals surface area (Å²) in [4.78, 5) is 12.6. The number of ether oxygens (including phenoxy) is 1. The van der Waals surface area contributed by atoms with Gasteiger partial charge in [-0.2, -0.15) is 0 Å². The van der Waals surface area contributed by atoms with Gasteiger partial charge in [0.2, 0.25) is 0 Å². The van der Waals surface area contributed by atoms with Gasteiger partial charge in [0, 0.05) is 11.3 Å². The second-order valence-corrected chi connectivity index (χ2v) is 8.37. The van der Waals surface area contributed by atoms with E-state index in [-0.39, 0.29) is 5.91 Å². The van der Waals surface area contributed by atoms with Crippen molar-refractivity contribution in [1.29, 1.82) is 0 Å². The smallest absolute Gasteiger partial charge is 0.255 e. The molecule has 2 aromatic rings. The molecule has 2 N–H and O–H groups in total. The molecule has 154 valence electrons. The minimum Gasteiger partial charge on any atom is -0.373 e. The Kier molecular flexibility index (Phi) is 6.96. The highest BCUT2D eigenvalue weighted by molar-refractivity contribution is 6.04. The van der Waals surface area contributed by atoms with Gasteiger partial charge >= 0.3 is 0 Å². The maximum Gasteiger partial charge on any atom is 0.255 e. The van der Waals surface area contributed by atoms with E-state index < -0.39 is 0 Å². The first kappa shape index (κ1) is 20.1. The van der Waals surface area contributed by atoms with E-state index in [1.54, 1.807) is 0 Å². The minimum atomic E-state index is -0.0683. The van der Waals surface area contributed by atoms with Gasteiger partial charge in [0.15, 0.2) is 0 Å². The molecule has 4 nitrogen and oxygen atoms in total. The van der Waals surface area contributed by atoms with Gasteiger partial charge in [-0.3, -0.25) is 4.79 Å². The Bertz CT molecular complexity index is 773. The lowest BCUT2D eigenvalue weighted by Gasteiger charge is -2.23. The fraction of sp³-hybridized carbons (Fsp3) is 0.480. The Hall–Kier alpha value is -2.17. The van der Waals surface area contributed by atoms with Crippen LogP contribution in [0.2, 0.25) is 0 Å². The second kappa shape index (κ2) is 10.0. The zero-order valence-corrected chi connectivity index (χ0v) is 17.2. The normalized spacial score (nSPS) is 18.5. The first-order chi connectivity index (χ1) is 14.3. The average Bonchev–Trinajstić information content (AvgIpc) is 2.80. The fourth-order valence-electron chi connectivity index (χ4n) is 4.41. The molecule has 4 heteroatoms. The van der Waals surface area contributed by atoms with Crippen molar-refractivity contribution in [3.05, 3.63) is 65.2 Å². The van der Waals surface area contributed by atoms with Gasteiger partial charge in [-0.15, -0.1) is 0 Å². The standard InChI is InChI=1S/C25H32N2O2/c28-25(27-23-12-10-21(11-13-23)20-4-2-1-3-5-20)22-8-6-19(7-9-22)18-29-24-14-16-26-17-15-24/h6-13,20,24,26H,1-5,14-18H2,(H,27,28). The Morgan fingerprint density at radius 2 is 1.59 bits per heavy atom. The summed E-state index contributed by atoms with van der Waals surface area (Å²) in [5, 5.41) is 6.36. The largest absolute Gasteiger partial charge is 0.373 e. The quantitative estimate of drug-likeness (QED) is 0.705. The lowest BCUT2D eigenvalue weighted by molar-refractivity contribution is 0.0212. The third-order valence-electron chi connectivity index (χ3n) is 6.23. The molecule has 4 rings (SSSR count). The van der Waals surface area contributed by atoms with Crippen LogP contribution in [0.15, 0.2) is 48.5 Å². The first-order valence-electron chi connectivity index (χ1n) is 11.1. The maximum absolute atomic E-state index is 12.6. The van der Waals surface area contributed by atoms with Crippen molar-refractivity contribution >= 4 is 11.6 Å². The van der Waals surface area contributed by atoms with E-state index in [2.05, 4.69) is 22.8 Å². The van der Waals surface area contributed by atoms with Crippen LogP contribution in [0.5, 0.6) is 0 Å². The Labute approximate surface area is 174 Å². The summed E-state index contributed by atoms with van der Waals surface area (Å²) < 4.78 is 5.99. The van der Waals surface area contributed by atoms with E-state index in [0.717, 1.165) is 37.2 Å². The van der Waals surface area contributed by atoms with Crippen molar-refractivity contribution in [1.82, 2.24) is 5.32 Å². The average molecular weight is 393 g/mol. The van der Waals surface area contributed by atoms with Gasteiger partial charge in [-0.25, -0.2) is 0 Å². The Morgan fingerprint density at radius 1 is 0.897 bits per heavy atom. The van der Waals surface area contributed by atoms with Crippen LogP contribution in [0.25, 0.3) is 0 Å². The zero-order valence-electron chi connectivity index (χ0n) is 17.2. The van der Waals surface area contributed by atoms with Crippen LogP contribution in [0.4, 0.5) is 5.69 Å². The van der Waals surface area contributed by atoms with Gasteiger partial charge in [0.25, 0.3) is 5.91 Å². The number of carbonyl (C=O) groups excluding carboxylic acids is 1. The topological polar surface area (TPSA) is 50.4 Å². The molecule has 0 bridgehead atoms. The summed E-state index contributed by atoms with van der Waals surface area (Å²) >= 11 is 0. The summed E-state index contributed by atoms with van der Waals surface area (Å²) in [5.74, 6) is 0.620. The molecule has 29 heavy (non-hydrogen) atoms. The van der Waals surface area contributed by atoms with Gasteiger partial charge in [0.05, 0.1) is 12.7 Å². The van der Waals surface area contributed by atoms with Crippen molar-refractivity contribution < 1.29 is 9.53 Å². The lowest BCUT2D eigenvalue weighted by atomic mass is 9.84. The number of anilines is 1. The third-order valence-corrected chi connectivity index (χ3v) is 6.23. The van der Waals surface area contributed by atoms with Crippen molar-refractivity contribution in [2.24, 2.45) is 0 Å². The third kappa shape index (κ3) is 5.68. The maximum atomic E-state index is 12.6. The fourth-order valence-corrected chi connectivity index (χ4v) is 4.41. The predicted molar refractivity (Wildman–Crippen MR) is 117 cm³/mol. The Balaban J connectivity index is 1.28. The molecule has 1 aliphatic heterocycles. The molecule has 1 amide bonds. The molecule has 1 heterocycles. The van der Waals surface area contributed by atoms with Crippen LogP contribution >= 0.6 is 0 Å². The van der Waals surface area contributed by atoms with Crippen LogP contribution in [0.3, 0.4) is 0 Å². The molecule has 0 radical (unpaired) electrons. The molecule has 0 atom stereocenters. The van der Waals surface area contributed by atoms with Gasteiger partial charge in [-0.05, 0) is 80.1 Å². The van der Waals surface area contributed by atoms with Crippen LogP contribution in [-0.4, -0.2) is 25.1 Å². The van der Waals surface area contributed by atoms with E-state index in [9.17, 15) is 4.79 Å². The monoisotopic (exact) mass is 392 g/mol. The van der Waals surface area contributed by atoms with Crippen LogP contribution in [-0.2, 0) is 11.3 Å². The van der Waals surface area contributed by atoms with Crippen molar-refractivity contribution in [2.75, 3.05) is 18.4 Å². The molecule has 2 aromatic carbocycles. The molecule has 0 unspecified atom stereocenters. The van der Waals surface area contributed by atoms with E-state index in [1.807, 2.05) is 36.4 Å². The lowest BCUT2D eigenvalue weighted by Crippen LogP contribution is -2.32. The number of amides is 1. The van der Waals surface area contributed by atoms with Crippen LogP contribution in [0, 0.1) is 0 Å². The van der Waals surface area contributed by atoms with Crippen molar-refractivity contribution in [2.45, 2.75) is 63.6 Å². The summed E-state index contributed by atoms with van der Waals surface area (Å²) in [6, 6.07) is 16.1. The highest BCUT2D eigenvalue weighted by Crippen LogP contribution is 2.33. The summed E-state index contributed by atoms with van der Waals surface area (Å²) in [5.41, 5.74) is 4.04. The molecule has 0 spiro atoms. The van der Waals surface area contributed by atoms with Gasteiger partial charge in [-0.1, -0.05) is 43.5 Å². The molecule has 0 aromatic heterocycles. The number of hydrogen-bond donors (Lipinski definition) is 2. The van der Waals surface area contributed by atoms with Crippen molar-refractivity contribution in [3.63, 3.8) is 0 Å².